The molecule has 0 saturated heterocycles. The summed E-state index contributed by atoms with van der Waals surface area (Å²) in [5.74, 6) is -0.299. The van der Waals surface area contributed by atoms with Crippen LogP contribution in [0.15, 0.2) is 72.8 Å². The Bertz CT molecular complexity index is 848. The minimum atomic E-state index is -0.299. The highest BCUT2D eigenvalue weighted by Gasteiger charge is 2.13. The van der Waals surface area contributed by atoms with Gasteiger partial charge in [0, 0.05) is 0 Å². The van der Waals surface area contributed by atoms with Crippen molar-refractivity contribution in [2.45, 2.75) is 6.92 Å². The highest BCUT2D eigenvalue weighted by atomic mass is 16.5. The molecular weight excluding hydrogens is 284 g/mol. The number of fused-ring (bicyclic) bond motifs is 1. The number of hydrogen-bond donors (Lipinski definition) is 0. The highest BCUT2D eigenvalue weighted by molar-refractivity contribution is 6.21. The third kappa shape index (κ3) is 3.49. The molecule has 0 radical (unpaired) electrons. The van der Waals surface area contributed by atoms with Crippen molar-refractivity contribution >= 4 is 28.4 Å². The second-order valence-electron chi connectivity index (χ2n) is 5.25. The summed E-state index contributed by atoms with van der Waals surface area (Å²) in [6.07, 6.45) is 1.89. The maximum Gasteiger partial charge on any atom is 0.338 e. The summed E-state index contributed by atoms with van der Waals surface area (Å²) in [6.45, 7) is 2.18. The molecular formula is C21H18O2. The summed E-state index contributed by atoms with van der Waals surface area (Å²) in [5, 5.41) is 2.33. The molecule has 0 saturated carbocycles. The average Bonchev–Trinajstić information content (AvgIpc) is 2.60. The number of ether oxygens (including phenoxy) is 1. The van der Waals surface area contributed by atoms with Crippen LogP contribution in [0, 0.1) is 0 Å². The minimum absolute atomic E-state index is 0.299. The largest absolute Gasteiger partial charge is 0.462 e. The zero-order valence-corrected chi connectivity index (χ0v) is 13.0. The van der Waals surface area contributed by atoms with Gasteiger partial charge in [0.2, 0.25) is 0 Å². The van der Waals surface area contributed by atoms with E-state index in [1.54, 1.807) is 0 Å². The number of carbonyl (C=O) groups excluding carboxylic acids is 1. The lowest BCUT2D eigenvalue weighted by molar-refractivity contribution is -0.136. The van der Waals surface area contributed by atoms with Crippen LogP contribution >= 0.6 is 0 Å². The Morgan fingerprint density at radius 2 is 1.61 bits per heavy atom. The summed E-state index contributed by atoms with van der Waals surface area (Å²) in [5.41, 5.74) is 2.41. The zero-order valence-electron chi connectivity index (χ0n) is 13.0. The predicted octanol–water partition coefficient (Wildman–Crippen LogP) is 4.94. The van der Waals surface area contributed by atoms with Crippen LogP contribution in [0.4, 0.5) is 0 Å². The summed E-state index contributed by atoms with van der Waals surface area (Å²) < 4.78 is 5.21. The zero-order chi connectivity index (χ0) is 16.1. The van der Waals surface area contributed by atoms with E-state index in [2.05, 4.69) is 24.3 Å². The van der Waals surface area contributed by atoms with E-state index in [1.807, 2.05) is 61.5 Å². The first kappa shape index (κ1) is 15.0. The maximum atomic E-state index is 12.3. The number of rotatable bonds is 4. The van der Waals surface area contributed by atoms with E-state index in [0.717, 1.165) is 16.5 Å². The average molecular weight is 302 g/mol. The van der Waals surface area contributed by atoms with Crippen LogP contribution in [0.2, 0.25) is 0 Å². The van der Waals surface area contributed by atoms with Crippen LogP contribution in [0.25, 0.3) is 22.4 Å². The van der Waals surface area contributed by atoms with Crippen molar-refractivity contribution in [3.63, 3.8) is 0 Å². The lowest BCUT2D eigenvalue weighted by Gasteiger charge is -2.08. The fraction of sp³-hybridized carbons (Fsp3) is 0.0952. The van der Waals surface area contributed by atoms with Gasteiger partial charge in [-0.1, -0.05) is 66.7 Å². The molecule has 0 aliphatic rings. The molecule has 0 spiro atoms. The molecule has 0 aliphatic heterocycles. The van der Waals surface area contributed by atoms with Gasteiger partial charge in [-0.15, -0.1) is 0 Å². The Morgan fingerprint density at radius 3 is 2.35 bits per heavy atom. The molecule has 2 nitrogen and oxygen atoms in total. The van der Waals surface area contributed by atoms with E-state index in [1.165, 1.54) is 5.39 Å². The monoisotopic (exact) mass is 302 g/mol. The van der Waals surface area contributed by atoms with E-state index >= 15 is 0 Å². The van der Waals surface area contributed by atoms with Gasteiger partial charge in [-0.05, 0) is 41.0 Å². The molecule has 23 heavy (non-hydrogen) atoms. The number of benzene rings is 3. The third-order valence-electron chi connectivity index (χ3n) is 3.66. The first-order valence-electron chi connectivity index (χ1n) is 7.71. The molecule has 0 aromatic heterocycles. The van der Waals surface area contributed by atoms with Crippen LogP contribution in [-0.2, 0) is 9.53 Å². The normalized spacial score (nSPS) is 11.4. The van der Waals surface area contributed by atoms with Crippen LogP contribution in [0.3, 0.4) is 0 Å². The Balaban J connectivity index is 2.06. The van der Waals surface area contributed by atoms with Crippen LogP contribution in [0.1, 0.15) is 18.1 Å². The first-order valence-corrected chi connectivity index (χ1v) is 7.71. The summed E-state index contributed by atoms with van der Waals surface area (Å²) >= 11 is 0. The van der Waals surface area contributed by atoms with Gasteiger partial charge in [0.25, 0.3) is 0 Å². The minimum Gasteiger partial charge on any atom is -0.462 e. The van der Waals surface area contributed by atoms with Crippen molar-refractivity contribution in [2.24, 2.45) is 0 Å². The first-order chi connectivity index (χ1) is 11.3. The van der Waals surface area contributed by atoms with Gasteiger partial charge in [-0.2, -0.15) is 0 Å². The molecule has 0 aliphatic carbocycles. The third-order valence-corrected chi connectivity index (χ3v) is 3.66. The Labute approximate surface area is 136 Å². The Kier molecular flexibility index (Phi) is 4.53. The van der Waals surface area contributed by atoms with E-state index in [-0.39, 0.29) is 5.97 Å². The molecule has 0 unspecified atom stereocenters. The van der Waals surface area contributed by atoms with Crippen LogP contribution in [0.5, 0.6) is 0 Å². The van der Waals surface area contributed by atoms with Gasteiger partial charge in [0.15, 0.2) is 0 Å². The van der Waals surface area contributed by atoms with Crippen molar-refractivity contribution < 1.29 is 9.53 Å². The maximum absolute atomic E-state index is 12.3. The molecule has 3 aromatic carbocycles. The Morgan fingerprint density at radius 1 is 0.913 bits per heavy atom. The number of carbonyl (C=O) groups is 1. The number of esters is 1. The molecule has 3 rings (SSSR count). The van der Waals surface area contributed by atoms with E-state index in [9.17, 15) is 4.79 Å². The predicted molar refractivity (Wildman–Crippen MR) is 94.9 cm³/mol. The molecule has 0 amide bonds. The molecule has 0 N–H and O–H groups in total. The molecule has 0 atom stereocenters. The molecule has 3 aromatic rings. The van der Waals surface area contributed by atoms with Gasteiger partial charge in [0.05, 0.1) is 12.2 Å². The van der Waals surface area contributed by atoms with Crippen molar-refractivity contribution in [3.05, 3.63) is 83.9 Å². The van der Waals surface area contributed by atoms with Crippen LogP contribution < -0.4 is 0 Å². The molecule has 114 valence electrons. The molecule has 0 heterocycles. The second kappa shape index (κ2) is 6.93. The van der Waals surface area contributed by atoms with Crippen molar-refractivity contribution in [3.8, 4) is 0 Å². The van der Waals surface area contributed by atoms with E-state index < -0.39 is 0 Å². The second-order valence-corrected chi connectivity index (χ2v) is 5.25. The van der Waals surface area contributed by atoms with E-state index in [0.29, 0.717) is 12.2 Å². The molecule has 2 heteroatoms. The lowest BCUT2D eigenvalue weighted by Crippen LogP contribution is -2.06. The molecule has 0 bridgehead atoms. The SMILES string of the molecule is CCOC(=O)/C(=C/c1ccc2ccccc2c1)c1ccccc1. The summed E-state index contributed by atoms with van der Waals surface area (Å²) in [6, 6.07) is 24.0. The fourth-order valence-electron chi connectivity index (χ4n) is 2.55. The quantitative estimate of drug-likeness (QED) is 0.387. The van der Waals surface area contributed by atoms with Gasteiger partial charge >= 0.3 is 5.97 Å². The van der Waals surface area contributed by atoms with E-state index in [4.69, 9.17) is 4.74 Å². The standard InChI is InChI=1S/C21H18O2/c1-2-23-21(22)20(18-9-4-3-5-10-18)15-16-12-13-17-8-6-7-11-19(17)14-16/h3-15H,2H2,1H3/b20-15+. The fourth-order valence-corrected chi connectivity index (χ4v) is 2.55. The van der Waals surface area contributed by atoms with Gasteiger partial charge < -0.3 is 4.74 Å². The smallest absolute Gasteiger partial charge is 0.338 e. The molecule has 0 fully saturated rings. The van der Waals surface area contributed by atoms with Crippen molar-refractivity contribution in [1.82, 2.24) is 0 Å². The number of hydrogen-bond acceptors (Lipinski definition) is 2. The van der Waals surface area contributed by atoms with Gasteiger partial charge in [-0.25, -0.2) is 4.79 Å². The highest BCUT2D eigenvalue weighted by Crippen LogP contribution is 2.22. The Hall–Kier alpha value is -2.87. The lowest BCUT2D eigenvalue weighted by atomic mass is 10.0. The summed E-state index contributed by atoms with van der Waals surface area (Å²) in [4.78, 5) is 12.3. The van der Waals surface area contributed by atoms with Crippen molar-refractivity contribution in [1.29, 1.82) is 0 Å². The topological polar surface area (TPSA) is 26.3 Å². The summed E-state index contributed by atoms with van der Waals surface area (Å²) in [7, 11) is 0. The van der Waals surface area contributed by atoms with Gasteiger partial charge in [0.1, 0.15) is 0 Å². The van der Waals surface area contributed by atoms with Crippen molar-refractivity contribution in [2.75, 3.05) is 6.61 Å². The van der Waals surface area contributed by atoms with Gasteiger partial charge in [-0.3, -0.25) is 0 Å². The van der Waals surface area contributed by atoms with Crippen LogP contribution in [-0.4, -0.2) is 12.6 Å².